The Morgan fingerprint density at radius 1 is 0.971 bits per heavy atom. The zero-order valence-electron chi connectivity index (χ0n) is 17.8. The van der Waals surface area contributed by atoms with Crippen molar-refractivity contribution in [3.05, 3.63) is 112 Å². The first kappa shape index (κ1) is 22.2. The second kappa shape index (κ2) is 9.71. The Morgan fingerprint density at radius 3 is 2.56 bits per heavy atom. The molecule has 0 aliphatic carbocycles. The van der Waals surface area contributed by atoms with E-state index >= 15 is 0 Å². The number of anilines is 1. The Labute approximate surface area is 209 Å². The second-order valence-corrected chi connectivity index (χ2v) is 8.90. The average molecular weight is 534 g/mol. The number of benzene rings is 4. The van der Waals surface area contributed by atoms with Crippen LogP contribution in [0.25, 0.3) is 22.6 Å². The van der Waals surface area contributed by atoms with Gasteiger partial charge in [0.2, 0.25) is 5.89 Å². The molecule has 0 fully saturated rings. The van der Waals surface area contributed by atoms with Gasteiger partial charge in [-0.05, 0) is 66.2 Å². The van der Waals surface area contributed by atoms with Gasteiger partial charge in [0, 0.05) is 15.7 Å². The van der Waals surface area contributed by atoms with Gasteiger partial charge in [0.25, 0.3) is 5.91 Å². The molecule has 0 bridgehead atoms. The van der Waals surface area contributed by atoms with E-state index in [-0.39, 0.29) is 5.91 Å². The van der Waals surface area contributed by atoms with Gasteiger partial charge in [-0.25, -0.2) is 4.98 Å². The van der Waals surface area contributed by atoms with Crippen molar-refractivity contribution in [2.45, 2.75) is 6.61 Å². The number of hydrogen-bond acceptors (Lipinski definition) is 4. The van der Waals surface area contributed by atoms with E-state index in [2.05, 4.69) is 26.2 Å². The van der Waals surface area contributed by atoms with Gasteiger partial charge in [-0.15, -0.1) is 0 Å². The fourth-order valence-electron chi connectivity index (χ4n) is 3.43. The molecule has 0 spiro atoms. The smallest absolute Gasteiger partial charge is 0.255 e. The SMILES string of the molecule is O=C(Nc1ccc2oc(-c3cc(Br)ccc3Cl)nc2c1)c1ccc(OCc2ccccc2)cc1. The summed E-state index contributed by atoms with van der Waals surface area (Å²) in [4.78, 5) is 17.3. The number of nitrogens with one attached hydrogen (secondary N) is 1. The number of halogens is 2. The molecule has 5 aromatic rings. The summed E-state index contributed by atoms with van der Waals surface area (Å²) in [6.07, 6.45) is 0. The number of oxazole rings is 1. The molecule has 0 aliphatic heterocycles. The molecule has 0 aliphatic rings. The predicted molar refractivity (Wildman–Crippen MR) is 137 cm³/mol. The lowest BCUT2D eigenvalue weighted by Crippen LogP contribution is -2.11. The first-order valence-corrected chi connectivity index (χ1v) is 11.7. The molecule has 1 amide bonds. The standard InChI is InChI=1S/C27H18BrClN2O3/c28-19-8-12-23(29)22(14-19)27-31-24-15-20(9-13-25(24)34-27)30-26(32)18-6-10-21(11-7-18)33-16-17-4-2-1-3-5-17/h1-15H,16H2,(H,30,32). The summed E-state index contributed by atoms with van der Waals surface area (Å²) in [6.45, 7) is 0.469. The Bertz CT molecular complexity index is 1470. The highest BCUT2D eigenvalue weighted by molar-refractivity contribution is 9.10. The maximum Gasteiger partial charge on any atom is 0.255 e. The van der Waals surface area contributed by atoms with Crippen LogP contribution < -0.4 is 10.1 Å². The first-order chi connectivity index (χ1) is 16.5. The molecule has 1 N–H and O–H groups in total. The maximum atomic E-state index is 12.7. The van der Waals surface area contributed by atoms with Crippen molar-refractivity contribution >= 4 is 50.2 Å². The molecule has 0 radical (unpaired) electrons. The number of fused-ring (bicyclic) bond motifs is 1. The van der Waals surface area contributed by atoms with Crippen molar-refractivity contribution < 1.29 is 13.9 Å². The summed E-state index contributed by atoms with van der Waals surface area (Å²) >= 11 is 9.74. The lowest BCUT2D eigenvalue weighted by molar-refractivity contribution is 0.102. The van der Waals surface area contributed by atoms with Gasteiger partial charge < -0.3 is 14.5 Å². The van der Waals surface area contributed by atoms with Crippen molar-refractivity contribution in [1.29, 1.82) is 0 Å². The highest BCUT2D eigenvalue weighted by Gasteiger charge is 2.14. The van der Waals surface area contributed by atoms with Gasteiger partial charge in [0.15, 0.2) is 5.58 Å². The lowest BCUT2D eigenvalue weighted by atomic mass is 10.2. The van der Waals surface area contributed by atoms with Crippen molar-refractivity contribution in [1.82, 2.24) is 4.98 Å². The lowest BCUT2D eigenvalue weighted by Gasteiger charge is -2.08. The summed E-state index contributed by atoms with van der Waals surface area (Å²) in [6, 6.07) is 27.7. The molecule has 0 saturated carbocycles. The average Bonchev–Trinajstić information content (AvgIpc) is 3.28. The van der Waals surface area contributed by atoms with Crippen LogP contribution in [0.5, 0.6) is 5.75 Å². The molecule has 0 atom stereocenters. The van der Waals surface area contributed by atoms with Crippen LogP contribution in [0.3, 0.4) is 0 Å². The van der Waals surface area contributed by atoms with Gasteiger partial charge >= 0.3 is 0 Å². The van der Waals surface area contributed by atoms with Crippen LogP contribution in [0.4, 0.5) is 5.69 Å². The summed E-state index contributed by atoms with van der Waals surface area (Å²) in [5.41, 5.74) is 4.12. The minimum Gasteiger partial charge on any atom is -0.489 e. The normalized spacial score (nSPS) is 10.9. The van der Waals surface area contributed by atoms with Crippen molar-refractivity contribution in [3.8, 4) is 17.2 Å². The van der Waals surface area contributed by atoms with Gasteiger partial charge in [-0.3, -0.25) is 4.79 Å². The Hall–Kier alpha value is -3.61. The quantitative estimate of drug-likeness (QED) is 0.242. The van der Waals surface area contributed by atoms with Crippen molar-refractivity contribution in [2.75, 3.05) is 5.32 Å². The number of amides is 1. The zero-order chi connectivity index (χ0) is 23.5. The summed E-state index contributed by atoms with van der Waals surface area (Å²) < 4.78 is 12.5. The summed E-state index contributed by atoms with van der Waals surface area (Å²) in [5, 5.41) is 3.44. The number of nitrogens with zero attached hydrogens (tertiary/aromatic N) is 1. The highest BCUT2D eigenvalue weighted by atomic mass is 79.9. The number of carbonyl (C=O) groups is 1. The molecule has 168 valence electrons. The highest BCUT2D eigenvalue weighted by Crippen LogP contribution is 2.33. The number of aromatic nitrogens is 1. The Morgan fingerprint density at radius 2 is 1.76 bits per heavy atom. The second-order valence-electron chi connectivity index (χ2n) is 7.58. The van der Waals surface area contributed by atoms with Crippen LogP contribution >= 0.6 is 27.5 Å². The third-order valence-electron chi connectivity index (χ3n) is 5.17. The number of hydrogen-bond donors (Lipinski definition) is 1. The van der Waals surface area contributed by atoms with Crippen LogP contribution in [-0.2, 0) is 6.61 Å². The third kappa shape index (κ3) is 4.98. The third-order valence-corrected chi connectivity index (χ3v) is 5.99. The topological polar surface area (TPSA) is 64.4 Å². The molecular formula is C27H18BrClN2O3. The molecule has 34 heavy (non-hydrogen) atoms. The molecule has 0 unspecified atom stereocenters. The number of rotatable bonds is 6. The van der Waals surface area contributed by atoms with E-state index in [1.54, 1.807) is 48.5 Å². The molecule has 1 aromatic heterocycles. The minimum atomic E-state index is -0.229. The molecule has 1 heterocycles. The fourth-order valence-corrected chi connectivity index (χ4v) is 3.99. The molecule has 4 aromatic carbocycles. The van der Waals surface area contributed by atoms with E-state index < -0.39 is 0 Å². The maximum absolute atomic E-state index is 12.7. The Balaban J connectivity index is 1.28. The summed E-state index contributed by atoms with van der Waals surface area (Å²) in [5.74, 6) is 0.881. The van der Waals surface area contributed by atoms with Crippen molar-refractivity contribution in [2.24, 2.45) is 0 Å². The molecule has 5 rings (SSSR count). The van der Waals surface area contributed by atoms with Crippen LogP contribution in [0, 0.1) is 0 Å². The minimum absolute atomic E-state index is 0.229. The van der Waals surface area contributed by atoms with E-state index in [9.17, 15) is 4.79 Å². The van der Waals surface area contributed by atoms with E-state index in [1.807, 2.05) is 42.5 Å². The van der Waals surface area contributed by atoms with E-state index in [4.69, 9.17) is 20.8 Å². The van der Waals surface area contributed by atoms with E-state index in [1.165, 1.54) is 0 Å². The monoisotopic (exact) mass is 532 g/mol. The van der Waals surface area contributed by atoms with Crippen LogP contribution in [0.15, 0.2) is 99.9 Å². The number of carbonyl (C=O) groups excluding carboxylic acids is 1. The van der Waals surface area contributed by atoms with E-state index in [0.29, 0.717) is 51.2 Å². The molecule has 0 saturated heterocycles. The van der Waals surface area contributed by atoms with Gasteiger partial charge in [-0.2, -0.15) is 0 Å². The van der Waals surface area contributed by atoms with Gasteiger partial charge in [0.05, 0.1) is 10.6 Å². The summed E-state index contributed by atoms with van der Waals surface area (Å²) in [7, 11) is 0. The van der Waals surface area contributed by atoms with Crippen LogP contribution in [-0.4, -0.2) is 10.9 Å². The molecule has 7 heteroatoms. The number of ether oxygens (including phenoxy) is 1. The zero-order valence-corrected chi connectivity index (χ0v) is 20.1. The van der Waals surface area contributed by atoms with Gasteiger partial charge in [0.1, 0.15) is 17.9 Å². The van der Waals surface area contributed by atoms with E-state index in [0.717, 1.165) is 10.0 Å². The molecule has 5 nitrogen and oxygen atoms in total. The molecular weight excluding hydrogens is 516 g/mol. The van der Waals surface area contributed by atoms with Crippen LogP contribution in [0.1, 0.15) is 15.9 Å². The largest absolute Gasteiger partial charge is 0.489 e. The van der Waals surface area contributed by atoms with Gasteiger partial charge in [-0.1, -0.05) is 57.9 Å². The Kier molecular flexibility index (Phi) is 6.34. The van der Waals surface area contributed by atoms with Crippen LogP contribution in [0.2, 0.25) is 5.02 Å². The first-order valence-electron chi connectivity index (χ1n) is 10.5. The van der Waals surface area contributed by atoms with Crippen molar-refractivity contribution in [3.63, 3.8) is 0 Å². The predicted octanol–water partition coefficient (Wildman–Crippen LogP) is 7.74. The fraction of sp³-hybridized carbons (Fsp3) is 0.0370.